The Hall–Kier alpha value is -2.71. The molecule has 0 aliphatic rings. The van der Waals surface area contributed by atoms with Gasteiger partial charge in [-0.15, -0.1) is 10.2 Å². The Morgan fingerprint density at radius 3 is 2.84 bits per heavy atom. The Kier molecular flexibility index (Phi) is 7.12. The number of aromatic nitrogens is 3. The first-order valence-corrected chi connectivity index (χ1v) is 7.98. The van der Waals surface area contributed by atoms with E-state index in [9.17, 15) is 8.78 Å². The highest BCUT2D eigenvalue weighted by molar-refractivity contribution is 5.79. The number of aliphatic imine (C=N–C) groups is 1. The van der Waals surface area contributed by atoms with Gasteiger partial charge in [-0.3, -0.25) is 4.99 Å². The number of ether oxygens (including phenoxy) is 1. The van der Waals surface area contributed by atoms with E-state index in [1.54, 1.807) is 31.6 Å². The molecule has 1 heterocycles. The molecule has 7 nitrogen and oxygen atoms in total. The van der Waals surface area contributed by atoms with Gasteiger partial charge in [0.05, 0.1) is 0 Å². The van der Waals surface area contributed by atoms with Crippen LogP contribution < -0.4 is 15.4 Å². The Balaban J connectivity index is 1.84. The number of para-hydroxylation sites is 1. The van der Waals surface area contributed by atoms with Gasteiger partial charge in [0.1, 0.15) is 17.9 Å². The lowest BCUT2D eigenvalue weighted by atomic mass is 10.2. The van der Waals surface area contributed by atoms with Crippen molar-refractivity contribution < 1.29 is 13.5 Å². The second kappa shape index (κ2) is 9.55. The SMILES string of the molecule is CCc1nncn1CCNC(=NC)NCc1ccccc1OC(F)F. The maximum absolute atomic E-state index is 12.4. The predicted molar refractivity (Wildman–Crippen MR) is 90.7 cm³/mol. The van der Waals surface area contributed by atoms with Crippen LogP contribution in [0.4, 0.5) is 8.78 Å². The molecule has 0 atom stereocenters. The van der Waals surface area contributed by atoms with Gasteiger partial charge in [0.15, 0.2) is 5.96 Å². The standard InChI is InChI=1S/C16H22F2N6O/c1-3-14-23-22-11-24(14)9-8-20-16(19-2)21-10-12-6-4-5-7-13(12)25-15(17)18/h4-7,11,15H,3,8-10H2,1-2H3,(H2,19,20,21). The van der Waals surface area contributed by atoms with Crippen molar-refractivity contribution in [1.29, 1.82) is 0 Å². The van der Waals surface area contributed by atoms with E-state index in [2.05, 4.69) is 30.6 Å². The molecule has 9 heteroatoms. The molecule has 1 aromatic carbocycles. The van der Waals surface area contributed by atoms with Crippen LogP contribution in [0.2, 0.25) is 0 Å². The largest absolute Gasteiger partial charge is 0.434 e. The highest BCUT2D eigenvalue weighted by atomic mass is 19.3. The van der Waals surface area contributed by atoms with Crippen LogP contribution in [0.15, 0.2) is 35.6 Å². The number of benzene rings is 1. The maximum Gasteiger partial charge on any atom is 0.387 e. The van der Waals surface area contributed by atoms with E-state index in [0.717, 1.165) is 12.2 Å². The van der Waals surface area contributed by atoms with Crippen molar-refractivity contribution >= 4 is 5.96 Å². The van der Waals surface area contributed by atoms with Crippen LogP contribution in [0.3, 0.4) is 0 Å². The molecule has 2 N–H and O–H groups in total. The summed E-state index contributed by atoms with van der Waals surface area (Å²) < 4.78 is 31.4. The summed E-state index contributed by atoms with van der Waals surface area (Å²) in [7, 11) is 1.65. The van der Waals surface area contributed by atoms with Gasteiger partial charge in [-0.2, -0.15) is 8.78 Å². The van der Waals surface area contributed by atoms with Crippen molar-refractivity contribution in [1.82, 2.24) is 25.4 Å². The minimum atomic E-state index is -2.85. The molecule has 1 aromatic heterocycles. The van der Waals surface area contributed by atoms with Gasteiger partial charge in [0.25, 0.3) is 0 Å². The molecule has 0 aliphatic carbocycles. The average Bonchev–Trinajstić information content (AvgIpc) is 3.06. The topological polar surface area (TPSA) is 76.4 Å². The van der Waals surface area contributed by atoms with Gasteiger partial charge in [0.2, 0.25) is 0 Å². The fourth-order valence-electron chi connectivity index (χ4n) is 2.29. The van der Waals surface area contributed by atoms with Crippen LogP contribution in [0.1, 0.15) is 18.3 Å². The number of rotatable bonds is 8. The number of hydrogen-bond acceptors (Lipinski definition) is 4. The molecule has 0 saturated carbocycles. The monoisotopic (exact) mass is 352 g/mol. The minimum absolute atomic E-state index is 0.150. The van der Waals surface area contributed by atoms with Crippen LogP contribution in [-0.2, 0) is 19.5 Å². The minimum Gasteiger partial charge on any atom is -0.434 e. The predicted octanol–water partition coefficient (Wildman–Crippen LogP) is 1.81. The normalized spacial score (nSPS) is 11.6. The first-order chi connectivity index (χ1) is 12.1. The molecule has 25 heavy (non-hydrogen) atoms. The Morgan fingerprint density at radius 2 is 2.12 bits per heavy atom. The number of nitrogens with zero attached hydrogens (tertiary/aromatic N) is 4. The van der Waals surface area contributed by atoms with E-state index in [4.69, 9.17) is 0 Å². The zero-order valence-electron chi connectivity index (χ0n) is 14.2. The summed E-state index contributed by atoms with van der Waals surface area (Å²) in [5.74, 6) is 1.64. The second-order valence-electron chi connectivity index (χ2n) is 5.13. The third kappa shape index (κ3) is 5.70. The van der Waals surface area contributed by atoms with Crippen molar-refractivity contribution in [3.05, 3.63) is 42.0 Å². The van der Waals surface area contributed by atoms with Crippen molar-refractivity contribution in [2.45, 2.75) is 33.0 Å². The molecule has 2 rings (SSSR count). The summed E-state index contributed by atoms with van der Waals surface area (Å²) >= 11 is 0. The number of aryl methyl sites for hydroxylation is 1. The van der Waals surface area contributed by atoms with Crippen molar-refractivity contribution in [2.75, 3.05) is 13.6 Å². The zero-order chi connectivity index (χ0) is 18.1. The number of halogens is 2. The van der Waals surface area contributed by atoms with Crippen LogP contribution in [0.5, 0.6) is 5.75 Å². The smallest absolute Gasteiger partial charge is 0.387 e. The Morgan fingerprint density at radius 1 is 1.32 bits per heavy atom. The van der Waals surface area contributed by atoms with Gasteiger partial charge in [-0.1, -0.05) is 25.1 Å². The average molecular weight is 352 g/mol. The van der Waals surface area contributed by atoms with Crippen molar-refractivity contribution in [2.24, 2.45) is 4.99 Å². The van der Waals surface area contributed by atoms with E-state index in [1.807, 2.05) is 11.5 Å². The molecular weight excluding hydrogens is 330 g/mol. The first-order valence-electron chi connectivity index (χ1n) is 7.98. The van der Waals surface area contributed by atoms with Gasteiger partial charge < -0.3 is 19.9 Å². The molecule has 0 saturated heterocycles. The van der Waals surface area contributed by atoms with E-state index >= 15 is 0 Å². The van der Waals surface area contributed by atoms with Crippen molar-refractivity contribution in [3.63, 3.8) is 0 Å². The lowest BCUT2D eigenvalue weighted by Crippen LogP contribution is -2.38. The molecule has 0 bridgehead atoms. The molecular formula is C16H22F2N6O. The molecule has 0 unspecified atom stereocenters. The number of guanidine groups is 1. The summed E-state index contributed by atoms with van der Waals surface area (Å²) in [5.41, 5.74) is 0.623. The lowest BCUT2D eigenvalue weighted by molar-refractivity contribution is -0.0504. The van der Waals surface area contributed by atoms with Gasteiger partial charge in [-0.05, 0) is 6.07 Å². The Labute approximate surface area is 145 Å². The summed E-state index contributed by atoms with van der Waals surface area (Å²) in [6.07, 6.45) is 2.50. The molecule has 0 amide bonds. The third-order valence-corrected chi connectivity index (χ3v) is 3.52. The summed E-state index contributed by atoms with van der Waals surface area (Å²) in [4.78, 5) is 4.12. The van der Waals surface area contributed by atoms with Crippen LogP contribution in [0.25, 0.3) is 0 Å². The summed E-state index contributed by atoms with van der Waals surface area (Å²) in [6.45, 7) is 0.806. The number of nitrogens with one attached hydrogen (secondary N) is 2. The first kappa shape index (κ1) is 18.6. The maximum atomic E-state index is 12.4. The van der Waals surface area contributed by atoms with E-state index in [0.29, 0.717) is 31.2 Å². The highest BCUT2D eigenvalue weighted by Gasteiger charge is 2.09. The molecule has 0 fully saturated rings. The quantitative estimate of drug-likeness (QED) is 0.560. The van der Waals surface area contributed by atoms with Gasteiger partial charge in [0, 0.05) is 38.7 Å². The zero-order valence-corrected chi connectivity index (χ0v) is 14.2. The third-order valence-electron chi connectivity index (χ3n) is 3.52. The molecule has 0 radical (unpaired) electrons. The molecule has 0 spiro atoms. The van der Waals surface area contributed by atoms with Crippen LogP contribution >= 0.6 is 0 Å². The number of hydrogen-bond donors (Lipinski definition) is 2. The van der Waals surface area contributed by atoms with Gasteiger partial charge in [-0.25, -0.2) is 0 Å². The van der Waals surface area contributed by atoms with Gasteiger partial charge >= 0.3 is 6.61 Å². The Bertz CT molecular complexity index is 689. The highest BCUT2D eigenvalue weighted by Crippen LogP contribution is 2.19. The molecule has 2 aromatic rings. The fraction of sp³-hybridized carbons (Fsp3) is 0.438. The molecule has 136 valence electrons. The number of alkyl halides is 2. The second-order valence-corrected chi connectivity index (χ2v) is 5.13. The van der Waals surface area contributed by atoms with E-state index in [1.165, 1.54) is 6.07 Å². The van der Waals surface area contributed by atoms with E-state index < -0.39 is 6.61 Å². The fourth-order valence-corrected chi connectivity index (χ4v) is 2.29. The summed E-state index contributed by atoms with van der Waals surface area (Å²) in [6, 6.07) is 6.66. The van der Waals surface area contributed by atoms with Crippen LogP contribution in [0, 0.1) is 0 Å². The van der Waals surface area contributed by atoms with Crippen molar-refractivity contribution in [3.8, 4) is 5.75 Å². The lowest BCUT2D eigenvalue weighted by Gasteiger charge is -2.14. The summed E-state index contributed by atoms with van der Waals surface area (Å²) in [5, 5.41) is 14.2. The van der Waals surface area contributed by atoms with Crippen LogP contribution in [-0.4, -0.2) is 40.9 Å². The van der Waals surface area contributed by atoms with E-state index in [-0.39, 0.29) is 5.75 Å². The molecule has 0 aliphatic heterocycles.